The van der Waals surface area contributed by atoms with Crippen molar-refractivity contribution in [2.75, 3.05) is 11.5 Å². The zero-order valence-corrected chi connectivity index (χ0v) is 25.1. The molecule has 0 aliphatic heterocycles. The molecule has 1 saturated carbocycles. The summed E-state index contributed by atoms with van der Waals surface area (Å²) in [6, 6.07) is 32.6. The van der Waals surface area contributed by atoms with Crippen molar-refractivity contribution in [3.8, 4) is 23.0 Å². The first kappa shape index (κ1) is 29.6. The fraction of sp³-hybridized carbons (Fsp3) is 0.368. The summed E-state index contributed by atoms with van der Waals surface area (Å²) in [6.45, 7) is 2.29. The second-order valence-electron chi connectivity index (χ2n) is 12.0. The third-order valence-electron chi connectivity index (χ3n) is 8.97. The monoisotopic (exact) mass is 562 g/mol. The summed E-state index contributed by atoms with van der Waals surface area (Å²) in [5.74, 6) is 4.08. The van der Waals surface area contributed by atoms with E-state index in [4.69, 9.17) is 20.9 Å². The summed E-state index contributed by atoms with van der Waals surface area (Å²) >= 11 is 0. The van der Waals surface area contributed by atoms with E-state index in [1.54, 1.807) is 0 Å². The molecule has 0 bridgehead atoms. The minimum absolute atomic E-state index is 0.0168. The number of nitrogens with two attached hydrogens (primary N) is 2. The molecule has 1 aliphatic carbocycles. The highest BCUT2D eigenvalue weighted by Crippen LogP contribution is 2.48. The standard InChI is InChI=1S/C38H46N2O2/c1-2-3-4-5-6-7-8-29-25-27-38(28-26-29,30-9-17-34(18-10-30)41-36-21-13-32(39)14-22-36)31-11-19-35(20-12-31)42-37-23-15-33(40)16-24-37/h9-24,29H,2-8,25-28,39-40H2,1H3. The third-order valence-corrected chi connectivity index (χ3v) is 8.97. The molecule has 4 N–H and O–H groups in total. The maximum Gasteiger partial charge on any atom is 0.127 e. The molecule has 4 aromatic rings. The Hall–Kier alpha value is -3.92. The summed E-state index contributed by atoms with van der Waals surface area (Å²) in [5.41, 5.74) is 15.8. The minimum Gasteiger partial charge on any atom is -0.457 e. The predicted octanol–water partition coefficient (Wildman–Crippen LogP) is 10.7. The number of hydrogen-bond acceptors (Lipinski definition) is 4. The van der Waals surface area contributed by atoms with E-state index in [9.17, 15) is 0 Å². The quantitative estimate of drug-likeness (QED) is 0.126. The van der Waals surface area contributed by atoms with Crippen molar-refractivity contribution >= 4 is 11.4 Å². The van der Waals surface area contributed by atoms with Crippen molar-refractivity contribution in [1.82, 2.24) is 0 Å². The Morgan fingerprint density at radius 2 is 0.929 bits per heavy atom. The van der Waals surface area contributed by atoms with Gasteiger partial charge >= 0.3 is 0 Å². The number of rotatable bonds is 13. The maximum atomic E-state index is 6.11. The topological polar surface area (TPSA) is 70.5 Å². The molecule has 0 spiro atoms. The highest BCUT2D eigenvalue weighted by Gasteiger charge is 2.38. The van der Waals surface area contributed by atoms with Crippen LogP contribution >= 0.6 is 0 Å². The number of hydrogen-bond donors (Lipinski definition) is 2. The molecule has 0 unspecified atom stereocenters. The summed E-state index contributed by atoms with van der Waals surface area (Å²) in [6.07, 6.45) is 14.4. The first-order chi connectivity index (χ1) is 20.5. The molecule has 0 aromatic heterocycles. The molecular weight excluding hydrogens is 516 g/mol. The van der Waals surface area contributed by atoms with Gasteiger partial charge in [0, 0.05) is 16.8 Å². The van der Waals surface area contributed by atoms with Crippen LogP contribution in [0.1, 0.15) is 88.7 Å². The van der Waals surface area contributed by atoms with Gasteiger partial charge < -0.3 is 20.9 Å². The normalized spacial score (nSPS) is 14.9. The van der Waals surface area contributed by atoms with Crippen molar-refractivity contribution in [1.29, 1.82) is 0 Å². The lowest BCUT2D eigenvalue weighted by Crippen LogP contribution is -2.33. The van der Waals surface area contributed by atoms with Crippen LogP contribution in [0.5, 0.6) is 23.0 Å². The van der Waals surface area contributed by atoms with Crippen LogP contribution in [0, 0.1) is 5.92 Å². The predicted molar refractivity (Wildman–Crippen MR) is 175 cm³/mol. The average Bonchev–Trinajstić information content (AvgIpc) is 3.02. The lowest BCUT2D eigenvalue weighted by Gasteiger charge is -2.41. The van der Waals surface area contributed by atoms with Crippen molar-refractivity contribution in [2.24, 2.45) is 5.92 Å². The maximum absolute atomic E-state index is 6.11. The number of unbranched alkanes of at least 4 members (excludes halogenated alkanes) is 5. The molecule has 1 aliphatic rings. The van der Waals surface area contributed by atoms with Crippen LogP contribution in [0.25, 0.3) is 0 Å². The van der Waals surface area contributed by atoms with Crippen molar-refractivity contribution < 1.29 is 9.47 Å². The van der Waals surface area contributed by atoms with Crippen molar-refractivity contribution in [2.45, 2.75) is 83.0 Å². The van der Waals surface area contributed by atoms with Crippen LogP contribution in [0.4, 0.5) is 11.4 Å². The van der Waals surface area contributed by atoms with Crippen LogP contribution in [-0.4, -0.2) is 0 Å². The van der Waals surface area contributed by atoms with Gasteiger partial charge in [0.15, 0.2) is 0 Å². The Morgan fingerprint density at radius 3 is 1.36 bits per heavy atom. The third kappa shape index (κ3) is 7.67. The van der Waals surface area contributed by atoms with Gasteiger partial charge in [-0.15, -0.1) is 0 Å². The Bertz CT molecular complexity index is 1260. The number of nitrogen functional groups attached to an aromatic ring is 2. The minimum atomic E-state index is -0.0168. The fourth-order valence-corrected chi connectivity index (χ4v) is 6.44. The molecule has 0 amide bonds. The van der Waals surface area contributed by atoms with Crippen molar-refractivity contribution in [3.05, 3.63) is 108 Å². The second kappa shape index (κ2) is 14.3. The summed E-state index contributed by atoms with van der Waals surface area (Å²) < 4.78 is 12.2. The van der Waals surface area contributed by atoms with Gasteiger partial charge in [-0.25, -0.2) is 0 Å². The van der Waals surface area contributed by atoms with E-state index in [1.165, 1.54) is 68.9 Å². The van der Waals surface area contributed by atoms with Gasteiger partial charge in [0.05, 0.1) is 0 Å². The smallest absolute Gasteiger partial charge is 0.127 e. The Kier molecular flexibility index (Phi) is 10.1. The molecule has 4 nitrogen and oxygen atoms in total. The van der Waals surface area contributed by atoms with E-state index in [-0.39, 0.29) is 5.41 Å². The Labute approximate surface area is 252 Å². The molecule has 42 heavy (non-hydrogen) atoms. The molecule has 4 aromatic carbocycles. The zero-order valence-electron chi connectivity index (χ0n) is 25.1. The lowest BCUT2D eigenvalue weighted by molar-refractivity contribution is 0.250. The van der Waals surface area contributed by atoms with E-state index in [2.05, 4.69) is 55.5 Å². The molecule has 4 heteroatoms. The SMILES string of the molecule is CCCCCCCCC1CCC(c2ccc(Oc3ccc(N)cc3)cc2)(c2ccc(Oc3ccc(N)cc3)cc2)CC1. The van der Waals surface area contributed by atoms with E-state index < -0.39 is 0 Å². The fourth-order valence-electron chi connectivity index (χ4n) is 6.44. The first-order valence-electron chi connectivity index (χ1n) is 15.8. The van der Waals surface area contributed by atoms with Gasteiger partial charge in [0.25, 0.3) is 0 Å². The van der Waals surface area contributed by atoms with Gasteiger partial charge in [-0.2, -0.15) is 0 Å². The van der Waals surface area contributed by atoms with Crippen LogP contribution in [-0.2, 0) is 5.41 Å². The summed E-state index contributed by atoms with van der Waals surface area (Å²) in [4.78, 5) is 0. The molecule has 0 radical (unpaired) electrons. The van der Waals surface area contributed by atoms with Gasteiger partial charge in [-0.3, -0.25) is 0 Å². The highest BCUT2D eigenvalue weighted by molar-refractivity contribution is 5.47. The highest BCUT2D eigenvalue weighted by atomic mass is 16.5. The van der Waals surface area contributed by atoms with Gasteiger partial charge in [-0.05, 0) is 116 Å². The Morgan fingerprint density at radius 1 is 0.548 bits per heavy atom. The van der Waals surface area contributed by atoms with Crippen LogP contribution < -0.4 is 20.9 Å². The number of benzene rings is 4. The molecule has 220 valence electrons. The summed E-state index contributed by atoms with van der Waals surface area (Å²) in [5, 5.41) is 0. The first-order valence-corrected chi connectivity index (χ1v) is 15.8. The molecule has 0 heterocycles. The van der Waals surface area contributed by atoms with Crippen LogP contribution in [0.3, 0.4) is 0 Å². The molecule has 0 atom stereocenters. The van der Waals surface area contributed by atoms with E-state index in [0.29, 0.717) is 0 Å². The number of anilines is 2. The largest absolute Gasteiger partial charge is 0.457 e. The van der Waals surface area contributed by atoms with E-state index >= 15 is 0 Å². The van der Waals surface area contributed by atoms with E-state index in [0.717, 1.165) is 53.1 Å². The van der Waals surface area contributed by atoms with E-state index in [1.807, 2.05) is 48.5 Å². The molecule has 1 fully saturated rings. The zero-order chi connectivity index (χ0) is 29.2. The van der Waals surface area contributed by atoms with Gasteiger partial charge in [0.1, 0.15) is 23.0 Å². The lowest BCUT2D eigenvalue weighted by atomic mass is 9.62. The molecule has 5 rings (SSSR count). The van der Waals surface area contributed by atoms with Crippen LogP contribution in [0.15, 0.2) is 97.1 Å². The average molecular weight is 563 g/mol. The van der Waals surface area contributed by atoms with Gasteiger partial charge in [-0.1, -0.05) is 76.1 Å². The summed E-state index contributed by atoms with van der Waals surface area (Å²) in [7, 11) is 0. The van der Waals surface area contributed by atoms with Crippen LogP contribution in [0.2, 0.25) is 0 Å². The molecule has 0 saturated heterocycles. The Balaban J connectivity index is 1.31. The number of ether oxygens (including phenoxy) is 2. The molecular formula is C38H46N2O2. The van der Waals surface area contributed by atoms with Crippen molar-refractivity contribution in [3.63, 3.8) is 0 Å². The van der Waals surface area contributed by atoms with Gasteiger partial charge in [0.2, 0.25) is 0 Å². The second-order valence-corrected chi connectivity index (χ2v) is 12.0.